The molecule has 0 spiro atoms. The van der Waals surface area contributed by atoms with E-state index in [1.807, 2.05) is 24.3 Å². The third-order valence-electron chi connectivity index (χ3n) is 2.12. The second-order valence-corrected chi connectivity index (χ2v) is 4.19. The summed E-state index contributed by atoms with van der Waals surface area (Å²) < 4.78 is 6.37. The first-order valence-electron chi connectivity index (χ1n) is 4.92. The molecule has 0 aromatic heterocycles. The van der Waals surface area contributed by atoms with Crippen LogP contribution < -0.4 is 10.1 Å². The molecule has 0 bridgehead atoms. The summed E-state index contributed by atoms with van der Waals surface area (Å²) in [5.74, 6) is -0.130. The Morgan fingerprint density at radius 1 is 1.62 bits per heavy atom. The molecule has 0 fully saturated rings. The first-order valence-corrected chi connectivity index (χ1v) is 5.71. The summed E-state index contributed by atoms with van der Waals surface area (Å²) in [6, 6.07) is 6.88. The number of rotatable bonds is 6. The van der Waals surface area contributed by atoms with E-state index >= 15 is 0 Å². The fraction of sp³-hybridized carbons (Fsp3) is 0.364. The molecule has 1 unspecified atom stereocenters. The molecule has 0 aliphatic heterocycles. The highest BCUT2D eigenvalue weighted by atomic mass is 79.9. The Labute approximate surface area is 103 Å². The van der Waals surface area contributed by atoms with Crippen molar-refractivity contribution in [3.8, 4) is 5.75 Å². The van der Waals surface area contributed by atoms with Crippen molar-refractivity contribution in [1.82, 2.24) is 5.32 Å². The highest BCUT2D eigenvalue weighted by molar-refractivity contribution is 9.10. The monoisotopic (exact) mass is 287 g/mol. The third-order valence-corrected chi connectivity index (χ3v) is 2.61. The predicted octanol–water partition coefficient (Wildman–Crippen LogP) is 1.89. The van der Waals surface area contributed by atoms with Crippen molar-refractivity contribution < 1.29 is 14.6 Å². The van der Waals surface area contributed by atoms with E-state index in [0.29, 0.717) is 13.0 Å². The van der Waals surface area contributed by atoms with Gasteiger partial charge in [0.15, 0.2) is 0 Å². The van der Waals surface area contributed by atoms with Crippen LogP contribution in [0.5, 0.6) is 5.75 Å². The molecule has 88 valence electrons. The molecule has 0 saturated heterocycles. The predicted molar refractivity (Wildman–Crippen MR) is 64.7 cm³/mol. The van der Waals surface area contributed by atoms with Gasteiger partial charge >= 0.3 is 5.97 Å². The van der Waals surface area contributed by atoms with Crippen LogP contribution in [0.25, 0.3) is 0 Å². The summed E-state index contributed by atoms with van der Waals surface area (Å²) in [5.41, 5.74) is 0. The van der Waals surface area contributed by atoms with Crippen LogP contribution in [-0.4, -0.2) is 30.8 Å². The Balaban J connectivity index is 2.38. The van der Waals surface area contributed by atoms with Gasteiger partial charge in [-0.25, -0.2) is 0 Å². The minimum absolute atomic E-state index is 0.369. The van der Waals surface area contributed by atoms with E-state index in [1.165, 1.54) is 0 Å². The summed E-state index contributed by atoms with van der Waals surface area (Å²) >= 11 is 3.33. The molecule has 4 nitrogen and oxygen atoms in total. The van der Waals surface area contributed by atoms with Crippen molar-refractivity contribution >= 4 is 21.9 Å². The van der Waals surface area contributed by atoms with E-state index in [9.17, 15) is 4.79 Å². The molecule has 0 amide bonds. The molecule has 0 aliphatic carbocycles. The third kappa shape index (κ3) is 4.20. The van der Waals surface area contributed by atoms with Crippen molar-refractivity contribution in [2.75, 3.05) is 13.7 Å². The number of hydrogen-bond donors (Lipinski definition) is 2. The molecule has 1 rings (SSSR count). The van der Waals surface area contributed by atoms with Crippen molar-refractivity contribution in [2.24, 2.45) is 0 Å². The van der Waals surface area contributed by atoms with Crippen molar-refractivity contribution in [3.05, 3.63) is 28.7 Å². The molecular formula is C11H14BrNO3. The van der Waals surface area contributed by atoms with Gasteiger partial charge in [-0.2, -0.15) is 0 Å². The first kappa shape index (κ1) is 13.0. The molecular weight excluding hydrogens is 274 g/mol. The second kappa shape index (κ2) is 6.50. The molecule has 1 atom stereocenters. The van der Waals surface area contributed by atoms with Gasteiger partial charge in [-0.3, -0.25) is 4.79 Å². The van der Waals surface area contributed by atoms with E-state index in [1.54, 1.807) is 7.05 Å². The molecule has 1 aromatic rings. The lowest BCUT2D eigenvalue weighted by Crippen LogP contribution is -2.35. The maximum Gasteiger partial charge on any atom is 0.320 e. The van der Waals surface area contributed by atoms with Gasteiger partial charge in [0.05, 0.1) is 6.61 Å². The van der Waals surface area contributed by atoms with Gasteiger partial charge in [-0.15, -0.1) is 0 Å². The van der Waals surface area contributed by atoms with Crippen LogP contribution in [0, 0.1) is 0 Å². The topological polar surface area (TPSA) is 58.6 Å². The van der Waals surface area contributed by atoms with Crippen LogP contribution in [0.2, 0.25) is 0 Å². The number of halogens is 1. The summed E-state index contributed by atoms with van der Waals surface area (Å²) in [6.07, 6.45) is 0.429. The highest BCUT2D eigenvalue weighted by Crippen LogP contribution is 2.17. The molecule has 16 heavy (non-hydrogen) atoms. The lowest BCUT2D eigenvalue weighted by atomic mass is 10.2. The minimum atomic E-state index is -0.861. The van der Waals surface area contributed by atoms with Crippen LogP contribution in [-0.2, 0) is 4.79 Å². The van der Waals surface area contributed by atoms with Crippen LogP contribution in [0.3, 0.4) is 0 Å². The Morgan fingerprint density at radius 3 is 2.94 bits per heavy atom. The summed E-state index contributed by atoms with van der Waals surface area (Å²) in [4.78, 5) is 10.7. The molecule has 0 saturated carbocycles. The van der Waals surface area contributed by atoms with Crippen LogP contribution in [0.1, 0.15) is 6.42 Å². The van der Waals surface area contributed by atoms with Gasteiger partial charge < -0.3 is 15.2 Å². The standard InChI is InChI=1S/C11H14BrNO3/c1-13-10(11(14)15)5-6-16-9-4-2-3-8(12)7-9/h2-4,7,10,13H,5-6H2,1H3,(H,14,15). The fourth-order valence-corrected chi connectivity index (χ4v) is 1.62. The number of aliphatic carboxylic acids is 1. The Bertz CT molecular complexity index is 357. The Kier molecular flexibility index (Phi) is 5.28. The summed E-state index contributed by atoms with van der Waals surface area (Å²) in [7, 11) is 1.62. The zero-order valence-electron chi connectivity index (χ0n) is 8.94. The van der Waals surface area contributed by atoms with Gasteiger partial charge in [0.2, 0.25) is 0 Å². The zero-order chi connectivity index (χ0) is 12.0. The molecule has 1 aromatic carbocycles. The number of nitrogens with one attached hydrogen (secondary N) is 1. The lowest BCUT2D eigenvalue weighted by Gasteiger charge is -2.11. The van der Waals surface area contributed by atoms with Crippen LogP contribution in [0.4, 0.5) is 0 Å². The number of carboxylic acids is 1. The average molecular weight is 288 g/mol. The van der Waals surface area contributed by atoms with E-state index in [2.05, 4.69) is 21.2 Å². The summed E-state index contributed by atoms with van der Waals surface area (Å²) in [5, 5.41) is 11.5. The smallest absolute Gasteiger partial charge is 0.320 e. The SMILES string of the molecule is CNC(CCOc1cccc(Br)c1)C(=O)O. The molecule has 2 N–H and O–H groups in total. The largest absolute Gasteiger partial charge is 0.493 e. The fourth-order valence-electron chi connectivity index (χ4n) is 1.24. The first-order chi connectivity index (χ1) is 7.63. The highest BCUT2D eigenvalue weighted by Gasteiger charge is 2.14. The number of carboxylic acid groups (broad SMARTS) is 1. The van der Waals surface area contributed by atoms with Crippen LogP contribution in [0.15, 0.2) is 28.7 Å². The normalized spacial score (nSPS) is 12.1. The number of hydrogen-bond acceptors (Lipinski definition) is 3. The van der Waals surface area contributed by atoms with E-state index in [4.69, 9.17) is 9.84 Å². The van der Waals surface area contributed by atoms with Gasteiger partial charge in [-0.05, 0) is 25.2 Å². The van der Waals surface area contributed by atoms with Crippen molar-refractivity contribution in [3.63, 3.8) is 0 Å². The molecule has 0 radical (unpaired) electrons. The summed E-state index contributed by atoms with van der Waals surface area (Å²) in [6.45, 7) is 0.369. The van der Waals surface area contributed by atoms with E-state index in [-0.39, 0.29) is 0 Å². The van der Waals surface area contributed by atoms with Crippen molar-refractivity contribution in [1.29, 1.82) is 0 Å². The molecule has 0 aliphatic rings. The van der Waals surface area contributed by atoms with Gasteiger partial charge in [0, 0.05) is 10.9 Å². The van der Waals surface area contributed by atoms with Gasteiger partial charge in [-0.1, -0.05) is 22.0 Å². The molecule has 0 heterocycles. The maximum atomic E-state index is 10.7. The van der Waals surface area contributed by atoms with E-state index < -0.39 is 12.0 Å². The van der Waals surface area contributed by atoms with Gasteiger partial charge in [0.1, 0.15) is 11.8 Å². The Hall–Kier alpha value is -1.07. The minimum Gasteiger partial charge on any atom is -0.493 e. The average Bonchev–Trinajstić information content (AvgIpc) is 2.24. The number of benzene rings is 1. The maximum absolute atomic E-state index is 10.7. The second-order valence-electron chi connectivity index (χ2n) is 3.27. The number of likely N-dealkylation sites (N-methyl/N-ethyl adjacent to an activating group) is 1. The number of carbonyl (C=O) groups is 1. The van der Waals surface area contributed by atoms with Gasteiger partial charge in [0.25, 0.3) is 0 Å². The lowest BCUT2D eigenvalue weighted by molar-refractivity contribution is -0.139. The Morgan fingerprint density at radius 2 is 2.38 bits per heavy atom. The molecule has 5 heteroatoms. The van der Waals surface area contributed by atoms with Crippen LogP contribution >= 0.6 is 15.9 Å². The zero-order valence-corrected chi connectivity index (χ0v) is 10.5. The quantitative estimate of drug-likeness (QED) is 0.839. The van der Waals surface area contributed by atoms with E-state index in [0.717, 1.165) is 10.2 Å². The number of ether oxygens (including phenoxy) is 1. The van der Waals surface area contributed by atoms with Crippen molar-refractivity contribution in [2.45, 2.75) is 12.5 Å².